The van der Waals surface area contributed by atoms with Gasteiger partial charge in [-0.05, 0) is 27.7 Å². The van der Waals surface area contributed by atoms with Crippen LogP contribution in [0.15, 0.2) is 11.9 Å². The van der Waals surface area contributed by atoms with Crippen LogP contribution in [-0.4, -0.2) is 56.1 Å². The van der Waals surface area contributed by atoms with Gasteiger partial charge < -0.3 is 23.4 Å². The van der Waals surface area contributed by atoms with Crippen molar-refractivity contribution in [2.45, 2.75) is 86.9 Å². The molecule has 1 amide bonds. The lowest BCUT2D eigenvalue weighted by molar-refractivity contribution is -0.119. The molecule has 0 heterocycles. The normalized spacial score (nSPS) is 13.2. The number of carbonyl (C=O) groups excluding carboxylic acids is 1. The number of nitriles is 1. The number of nitrogens with zero attached hydrogens (tertiary/aromatic N) is 2. The Morgan fingerprint density at radius 1 is 1.09 bits per heavy atom. The van der Waals surface area contributed by atoms with Gasteiger partial charge in [-0.2, -0.15) is 5.26 Å². The van der Waals surface area contributed by atoms with Crippen LogP contribution >= 0.6 is 16.1 Å². The van der Waals surface area contributed by atoms with E-state index in [1.54, 1.807) is 0 Å². The molecule has 0 fully saturated rings. The summed E-state index contributed by atoms with van der Waals surface area (Å²) in [4.78, 5) is 11.5. The molecule has 0 aromatic carbocycles. The lowest BCUT2D eigenvalue weighted by Crippen LogP contribution is -2.37. The molecule has 0 bridgehead atoms. The van der Waals surface area contributed by atoms with Crippen molar-refractivity contribution in [2.24, 2.45) is 0 Å². The first kappa shape index (κ1) is 35.7. The summed E-state index contributed by atoms with van der Waals surface area (Å²) >= 11 is 0. The van der Waals surface area contributed by atoms with Crippen LogP contribution in [0, 0.1) is 11.3 Å². The second kappa shape index (κ2) is 22.0. The van der Waals surface area contributed by atoms with Gasteiger partial charge in [0.1, 0.15) is 0 Å². The number of hydrogen-bond donors (Lipinski definition) is 1. The maximum Gasteiger partial charge on any atom is 0.353 e. The summed E-state index contributed by atoms with van der Waals surface area (Å²) in [6, 6.07) is 1.81. The molecule has 0 spiro atoms. The molecule has 0 aromatic heterocycles. The van der Waals surface area contributed by atoms with Crippen LogP contribution in [0.5, 0.6) is 0 Å². The summed E-state index contributed by atoms with van der Waals surface area (Å²) in [6.45, 7) is 17.9. The Morgan fingerprint density at radius 2 is 1.59 bits per heavy atom. The van der Waals surface area contributed by atoms with E-state index in [0.29, 0.717) is 0 Å². The van der Waals surface area contributed by atoms with Gasteiger partial charge in [-0.25, -0.2) is 4.67 Å². The zero-order valence-electron chi connectivity index (χ0n) is 21.7. The fraction of sp³-hybridized carbons (Fsp3) is 0.810. The van der Waals surface area contributed by atoms with Gasteiger partial charge in [0.05, 0.1) is 31.7 Å². The first-order valence-corrected chi connectivity index (χ1v) is 13.7. The van der Waals surface area contributed by atoms with Gasteiger partial charge in [0.15, 0.2) is 0 Å². The number of nitrogens with one attached hydrogen (secondary N) is 1. The lowest BCUT2D eigenvalue weighted by atomic mass is 10.3. The molecule has 0 saturated heterocycles. The Balaban J connectivity index is -0.00000198. The lowest BCUT2D eigenvalue weighted by Gasteiger charge is -2.36. The van der Waals surface area contributed by atoms with Crippen LogP contribution in [0.2, 0.25) is 0 Å². The summed E-state index contributed by atoms with van der Waals surface area (Å²) in [6.07, 6.45) is 1.78. The highest BCUT2D eigenvalue weighted by Crippen LogP contribution is 2.48. The number of carbonyl (C=O) groups is 1. The fourth-order valence-electron chi connectivity index (χ4n) is 2.27. The zero-order valence-corrected chi connectivity index (χ0v) is 23.5. The molecule has 0 aliphatic rings. The van der Waals surface area contributed by atoms with E-state index in [1.165, 1.54) is 33.0 Å². The third-order valence-corrected chi connectivity index (χ3v) is 7.05. The predicted molar refractivity (Wildman–Crippen MR) is 132 cm³/mol. The number of rotatable bonds is 14. The summed E-state index contributed by atoms with van der Waals surface area (Å²) in [7, 11) is -2.25. The van der Waals surface area contributed by atoms with Crippen LogP contribution in [0.25, 0.3) is 0 Å². The minimum absolute atomic E-state index is 0.0949. The van der Waals surface area contributed by atoms with Crippen molar-refractivity contribution in [2.75, 3.05) is 27.4 Å². The molecule has 2 unspecified atom stereocenters. The molecule has 0 aliphatic carbocycles. The smallest absolute Gasteiger partial charge is 0.348 e. The van der Waals surface area contributed by atoms with E-state index in [1.807, 2.05) is 61.5 Å². The van der Waals surface area contributed by atoms with Crippen molar-refractivity contribution in [1.29, 1.82) is 5.26 Å². The van der Waals surface area contributed by atoms with Gasteiger partial charge >= 0.3 is 7.60 Å². The van der Waals surface area contributed by atoms with Crippen LogP contribution in [0.4, 0.5) is 0 Å². The molecule has 1 N–H and O–H groups in total. The Bertz CT molecular complexity index is 566. The average molecular weight is 498 g/mol. The maximum atomic E-state index is 12.2. The van der Waals surface area contributed by atoms with E-state index in [-0.39, 0.29) is 37.6 Å². The van der Waals surface area contributed by atoms with Crippen molar-refractivity contribution < 1.29 is 27.5 Å². The standard InChI is InChI=1S/C17H33N3O6P2.2C2H6/c1-14(2)20(15(3)4)27(25-11-8-10-18)26-13-17(19-16(5)21)9-12-28(22,23-6)24-7;2*1-2/h9,12,14-15,17H,8,11,13H2,1-7H3,(H,19,21);2*1-2H3/b12-9+;;. The third kappa shape index (κ3) is 16.7. The first-order chi connectivity index (χ1) is 15.1. The average Bonchev–Trinajstić information content (AvgIpc) is 2.77. The van der Waals surface area contributed by atoms with Gasteiger partial charge in [-0.3, -0.25) is 9.36 Å². The van der Waals surface area contributed by atoms with Crippen LogP contribution in [-0.2, 0) is 27.5 Å². The zero-order chi connectivity index (χ0) is 25.7. The summed E-state index contributed by atoms with van der Waals surface area (Å²) in [5.74, 6) is 1.03. The van der Waals surface area contributed by atoms with Gasteiger partial charge in [0, 0.05) is 39.0 Å². The highest BCUT2D eigenvalue weighted by molar-refractivity contribution is 7.57. The topological polar surface area (TPSA) is 110 Å². The van der Waals surface area contributed by atoms with E-state index in [2.05, 4.69) is 9.99 Å². The number of amides is 1. The minimum Gasteiger partial charge on any atom is -0.348 e. The van der Waals surface area contributed by atoms with E-state index in [9.17, 15) is 9.36 Å². The predicted octanol–water partition coefficient (Wildman–Crippen LogP) is 5.84. The van der Waals surface area contributed by atoms with Crippen molar-refractivity contribution in [1.82, 2.24) is 9.99 Å². The molecule has 0 rings (SSSR count). The maximum absolute atomic E-state index is 12.2. The van der Waals surface area contributed by atoms with Crippen molar-refractivity contribution in [3.05, 3.63) is 11.9 Å². The van der Waals surface area contributed by atoms with E-state index in [4.69, 9.17) is 23.4 Å². The van der Waals surface area contributed by atoms with Gasteiger partial charge in [0.25, 0.3) is 8.53 Å². The molecule has 2 atom stereocenters. The van der Waals surface area contributed by atoms with Crippen LogP contribution in [0.1, 0.15) is 68.7 Å². The number of hydrogen-bond acceptors (Lipinski definition) is 8. The fourth-order valence-corrected chi connectivity index (χ4v) is 4.71. The molecule has 0 saturated carbocycles. The quantitative estimate of drug-likeness (QED) is 0.236. The Kier molecular flexibility index (Phi) is 24.5. The molecule has 190 valence electrons. The molecular formula is C21H45N3O6P2. The van der Waals surface area contributed by atoms with Gasteiger partial charge in [-0.1, -0.05) is 33.8 Å². The molecule has 0 radical (unpaired) electrons. The molecular weight excluding hydrogens is 452 g/mol. The Labute approximate surface area is 197 Å². The van der Waals surface area contributed by atoms with Crippen LogP contribution in [0.3, 0.4) is 0 Å². The van der Waals surface area contributed by atoms with E-state index < -0.39 is 22.2 Å². The van der Waals surface area contributed by atoms with Crippen molar-refractivity contribution in [3.8, 4) is 6.07 Å². The highest BCUT2D eigenvalue weighted by atomic mass is 31.2. The highest BCUT2D eigenvalue weighted by Gasteiger charge is 2.28. The van der Waals surface area contributed by atoms with Gasteiger partial charge in [-0.15, -0.1) is 0 Å². The van der Waals surface area contributed by atoms with Crippen molar-refractivity contribution >= 4 is 22.0 Å². The monoisotopic (exact) mass is 497 g/mol. The summed E-state index contributed by atoms with van der Waals surface area (Å²) in [5, 5.41) is 11.5. The molecule has 9 nitrogen and oxygen atoms in total. The third-order valence-electron chi connectivity index (χ3n) is 3.43. The SMILES string of the molecule is CC.CC.COP(=O)(/C=C/C(COP(OCCC#N)N(C(C)C)C(C)C)NC(C)=O)OC. The minimum atomic E-state index is -3.36. The van der Waals surface area contributed by atoms with E-state index in [0.717, 1.165) is 0 Å². The second-order valence-electron chi connectivity index (χ2n) is 6.40. The summed E-state index contributed by atoms with van der Waals surface area (Å²) < 4.78 is 35.8. The van der Waals surface area contributed by atoms with Gasteiger partial charge in [0.2, 0.25) is 5.91 Å². The Hall–Kier alpha value is -0.840. The first-order valence-electron chi connectivity index (χ1n) is 11.0. The second-order valence-corrected chi connectivity index (χ2v) is 9.96. The van der Waals surface area contributed by atoms with Crippen molar-refractivity contribution in [3.63, 3.8) is 0 Å². The molecule has 0 aliphatic heterocycles. The Morgan fingerprint density at radius 3 is 1.97 bits per heavy atom. The summed E-state index contributed by atoms with van der Waals surface area (Å²) in [5.41, 5.74) is 0. The molecule has 0 aromatic rings. The molecule has 11 heteroatoms. The molecule has 32 heavy (non-hydrogen) atoms. The largest absolute Gasteiger partial charge is 0.353 e. The van der Waals surface area contributed by atoms with E-state index >= 15 is 0 Å². The van der Waals surface area contributed by atoms with Crippen LogP contribution < -0.4 is 5.32 Å².